The molecular formula is C13H16N4OS. The summed E-state index contributed by atoms with van der Waals surface area (Å²) in [5.41, 5.74) is 4.03. The van der Waals surface area contributed by atoms with Crippen molar-refractivity contribution in [1.29, 1.82) is 0 Å². The van der Waals surface area contributed by atoms with Gasteiger partial charge in [0.2, 0.25) is 5.91 Å². The van der Waals surface area contributed by atoms with Crippen LogP contribution >= 0.6 is 11.3 Å². The fourth-order valence-electron chi connectivity index (χ4n) is 2.41. The van der Waals surface area contributed by atoms with Gasteiger partial charge in [-0.3, -0.25) is 4.79 Å². The number of carbonyl (C=O) groups is 1. The summed E-state index contributed by atoms with van der Waals surface area (Å²) in [6.07, 6.45) is 6.19. The predicted molar refractivity (Wildman–Crippen MR) is 72.9 cm³/mol. The molecule has 0 radical (unpaired) electrons. The number of aryl methyl sites for hydroxylation is 1. The second-order valence-corrected chi connectivity index (χ2v) is 5.51. The number of carbonyl (C=O) groups excluding carboxylic acids is 1. The maximum absolute atomic E-state index is 12.1. The molecule has 2 aromatic rings. The van der Waals surface area contributed by atoms with Gasteiger partial charge in [-0.25, -0.2) is 9.97 Å². The Hall–Kier alpha value is -1.69. The summed E-state index contributed by atoms with van der Waals surface area (Å²) in [5.74, 6) is 0.238. The maximum Gasteiger partial charge on any atom is 0.223 e. The zero-order chi connectivity index (χ0) is 13.1. The van der Waals surface area contributed by atoms with Gasteiger partial charge in [-0.2, -0.15) is 0 Å². The number of hydrogen-bond donors (Lipinski definition) is 1. The second-order valence-electron chi connectivity index (χ2n) is 4.79. The molecule has 19 heavy (non-hydrogen) atoms. The van der Waals surface area contributed by atoms with Gasteiger partial charge in [0.25, 0.3) is 0 Å². The molecule has 1 N–H and O–H groups in total. The minimum Gasteiger partial charge on any atom is -0.355 e. The molecule has 1 unspecified atom stereocenters. The van der Waals surface area contributed by atoms with Gasteiger partial charge in [-0.1, -0.05) is 0 Å². The van der Waals surface area contributed by atoms with Gasteiger partial charge >= 0.3 is 0 Å². The molecule has 5 nitrogen and oxygen atoms in total. The van der Waals surface area contributed by atoms with Gasteiger partial charge in [-0.15, -0.1) is 11.3 Å². The number of aromatic nitrogens is 3. The smallest absolute Gasteiger partial charge is 0.223 e. The van der Waals surface area contributed by atoms with Crippen molar-refractivity contribution in [2.45, 2.75) is 25.8 Å². The lowest BCUT2D eigenvalue weighted by atomic mass is 9.95. The molecule has 3 heterocycles. The van der Waals surface area contributed by atoms with E-state index in [1.807, 2.05) is 23.4 Å². The van der Waals surface area contributed by atoms with E-state index in [-0.39, 0.29) is 11.8 Å². The van der Waals surface area contributed by atoms with E-state index in [1.54, 1.807) is 11.3 Å². The molecule has 0 spiro atoms. The molecule has 0 aliphatic carbocycles. The van der Waals surface area contributed by atoms with Crippen LogP contribution in [0.5, 0.6) is 0 Å². The van der Waals surface area contributed by atoms with Crippen LogP contribution in [0, 0.1) is 5.92 Å². The van der Waals surface area contributed by atoms with Crippen LogP contribution in [-0.4, -0.2) is 27.0 Å². The van der Waals surface area contributed by atoms with E-state index in [9.17, 15) is 4.79 Å². The molecule has 0 aromatic carbocycles. The van der Waals surface area contributed by atoms with Crippen LogP contribution in [0.3, 0.4) is 0 Å². The molecule has 2 aromatic heterocycles. The van der Waals surface area contributed by atoms with Crippen LogP contribution in [0.4, 0.5) is 0 Å². The third-order valence-corrected chi connectivity index (χ3v) is 4.14. The third-order valence-electron chi connectivity index (χ3n) is 3.51. The average Bonchev–Trinajstić information content (AvgIpc) is 3.08. The number of amides is 1. The zero-order valence-corrected chi connectivity index (χ0v) is 11.4. The molecule has 1 aliphatic rings. The summed E-state index contributed by atoms with van der Waals surface area (Å²) < 4.78 is 2.12. The Morgan fingerprint density at radius 2 is 2.53 bits per heavy atom. The van der Waals surface area contributed by atoms with E-state index < -0.39 is 0 Å². The van der Waals surface area contributed by atoms with Crippen molar-refractivity contribution in [2.24, 2.45) is 5.92 Å². The minimum absolute atomic E-state index is 0.0830. The van der Waals surface area contributed by atoms with Gasteiger partial charge in [0.05, 0.1) is 17.5 Å². The third kappa shape index (κ3) is 2.84. The van der Waals surface area contributed by atoms with Crippen molar-refractivity contribution >= 4 is 17.2 Å². The molecule has 0 saturated heterocycles. The van der Waals surface area contributed by atoms with Crippen molar-refractivity contribution < 1.29 is 4.79 Å². The number of nitrogens with zero attached hydrogens (tertiary/aromatic N) is 3. The highest BCUT2D eigenvalue weighted by atomic mass is 32.1. The van der Waals surface area contributed by atoms with Gasteiger partial charge in [-0.05, 0) is 6.42 Å². The Balaban J connectivity index is 1.49. The lowest BCUT2D eigenvalue weighted by Gasteiger charge is -2.22. The van der Waals surface area contributed by atoms with Crippen LogP contribution in [0.1, 0.15) is 17.8 Å². The molecule has 100 valence electrons. The highest BCUT2D eigenvalue weighted by Crippen LogP contribution is 2.19. The number of thiazole rings is 1. The van der Waals surface area contributed by atoms with Gasteiger partial charge in [0.1, 0.15) is 0 Å². The van der Waals surface area contributed by atoms with Crippen LogP contribution in [0.2, 0.25) is 0 Å². The molecule has 3 rings (SSSR count). The predicted octanol–water partition coefficient (Wildman–Crippen LogP) is 1.26. The Morgan fingerprint density at radius 1 is 1.58 bits per heavy atom. The first kappa shape index (κ1) is 12.3. The number of hydrogen-bond acceptors (Lipinski definition) is 4. The monoisotopic (exact) mass is 276 g/mol. The SMILES string of the molecule is O=C(NCCc1cscn1)C1CCn2cncc2C1. The quantitative estimate of drug-likeness (QED) is 0.914. The first-order valence-corrected chi connectivity index (χ1v) is 7.41. The average molecular weight is 276 g/mol. The summed E-state index contributed by atoms with van der Waals surface area (Å²) in [6, 6.07) is 0. The van der Waals surface area contributed by atoms with Crippen LogP contribution in [0.15, 0.2) is 23.4 Å². The van der Waals surface area contributed by atoms with E-state index in [0.717, 1.165) is 37.2 Å². The molecule has 6 heteroatoms. The van der Waals surface area contributed by atoms with E-state index in [4.69, 9.17) is 0 Å². The Morgan fingerprint density at radius 3 is 3.37 bits per heavy atom. The Labute approximate surface area is 115 Å². The van der Waals surface area contributed by atoms with Gasteiger partial charge < -0.3 is 9.88 Å². The van der Waals surface area contributed by atoms with Crippen molar-refractivity contribution in [1.82, 2.24) is 19.9 Å². The molecule has 0 bridgehead atoms. The van der Waals surface area contributed by atoms with E-state index in [1.165, 1.54) is 0 Å². The molecule has 1 atom stereocenters. The van der Waals surface area contributed by atoms with E-state index in [0.29, 0.717) is 6.54 Å². The zero-order valence-electron chi connectivity index (χ0n) is 10.6. The Kier molecular flexibility index (Phi) is 3.59. The summed E-state index contributed by atoms with van der Waals surface area (Å²) in [7, 11) is 0. The number of imidazole rings is 1. The lowest BCUT2D eigenvalue weighted by molar-refractivity contribution is -0.125. The van der Waals surface area contributed by atoms with E-state index >= 15 is 0 Å². The number of rotatable bonds is 4. The molecule has 1 aliphatic heterocycles. The fourth-order valence-corrected chi connectivity index (χ4v) is 3.00. The van der Waals surface area contributed by atoms with Gasteiger partial charge in [0.15, 0.2) is 0 Å². The van der Waals surface area contributed by atoms with E-state index in [2.05, 4.69) is 19.9 Å². The van der Waals surface area contributed by atoms with Crippen LogP contribution < -0.4 is 5.32 Å². The summed E-state index contributed by atoms with van der Waals surface area (Å²) in [6.45, 7) is 1.55. The molecule has 0 fully saturated rings. The van der Waals surface area contributed by atoms with Crippen molar-refractivity contribution in [3.8, 4) is 0 Å². The van der Waals surface area contributed by atoms with Crippen LogP contribution in [-0.2, 0) is 24.2 Å². The maximum atomic E-state index is 12.1. The first-order valence-electron chi connectivity index (χ1n) is 6.46. The van der Waals surface area contributed by atoms with Crippen molar-refractivity contribution in [3.63, 3.8) is 0 Å². The number of nitrogens with one attached hydrogen (secondary N) is 1. The largest absolute Gasteiger partial charge is 0.355 e. The van der Waals surface area contributed by atoms with Gasteiger partial charge in [0, 0.05) is 49.1 Å². The standard InChI is InChI=1S/C13H16N4OS/c18-13(15-3-1-11-7-19-9-16-11)10-2-4-17-8-14-6-12(17)5-10/h6-10H,1-5H2,(H,15,18). The summed E-state index contributed by atoms with van der Waals surface area (Å²) >= 11 is 1.59. The lowest BCUT2D eigenvalue weighted by Crippen LogP contribution is -2.36. The topological polar surface area (TPSA) is 59.8 Å². The highest BCUT2D eigenvalue weighted by Gasteiger charge is 2.24. The first-order chi connectivity index (χ1) is 9.33. The molecular weight excluding hydrogens is 260 g/mol. The molecule has 0 saturated carbocycles. The molecule has 1 amide bonds. The minimum atomic E-state index is 0.0830. The Bertz CT molecular complexity index is 549. The highest BCUT2D eigenvalue weighted by molar-refractivity contribution is 7.07. The summed E-state index contributed by atoms with van der Waals surface area (Å²) in [4.78, 5) is 20.4. The second kappa shape index (κ2) is 5.52. The fraction of sp³-hybridized carbons (Fsp3) is 0.462. The normalized spacial score (nSPS) is 18.0. The van der Waals surface area contributed by atoms with Crippen molar-refractivity contribution in [2.75, 3.05) is 6.54 Å². The summed E-state index contributed by atoms with van der Waals surface area (Å²) in [5, 5.41) is 5.03. The van der Waals surface area contributed by atoms with Crippen LogP contribution in [0.25, 0.3) is 0 Å². The van der Waals surface area contributed by atoms with Crippen molar-refractivity contribution in [3.05, 3.63) is 34.8 Å². The number of fused-ring (bicyclic) bond motifs is 1.